The van der Waals surface area contributed by atoms with Gasteiger partial charge in [-0.25, -0.2) is 14.8 Å². The molecule has 1 saturated heterocycles. The van der Waals surface area contributed by atoms with Crippen molar-refractivity contribution in [2.45, 2.75) is 52.7 Å². The molecule has 0 unspecified atom stereocenters. The summed E-state index contributed by atoms with van der Waals surface area (Å²) in [6.45, 7) is 9.52. The van der Waals surface area contributed by atoms with Crippen LogP contribution in [0.1, 0.15) is 58.4 Å². The van der Waals surface area contributed by atoms with Crippen molar-refractivity contribution >= 4 is 39.9 Å². The van der Waals surface area contributed by atoms with E-state index in [0.717, 1.165) is 11.6 Å². The van der Waals surface area contributed by atoms with Crippen LogP contribution in [0.15, 0.2) is 0 Å². The van der Waals surface area contributed by atoms with E-state index in [4.69, 9.17) is 21.1 Å². The highest BCUT2D eigenvalue weighted by atomic mass is 35.5. The lowest BCUT2D eigenvalue weighted by atomic mass is 10.0. The van der Waals surface area contributed by atoms with Crippen molar-refractivity contribution in [2.24, 2.45) is 0 Å². The average Bonchev–Trinajstić information content (AvgIpc) is 3.29. The quantitative estimate of drug-likeness (QED) is 0.571. The Kier molecular flexibility index (Phi) is 7.90. The number of nitrogens with one attached hydrogen (secondary N) is 2. The molecular weight excluding hydrogens is 442 g/mol. The summed E-state index contributed by atoms with van der Waals surface area (Å²) in [5.74, 6) is -0.473. The number of hydrogen-bond acceptors (Lipinski definition) is 8. The normalized spacial score (nSPS) is 18.8. The molecule has 9 nitrogen and oxygen atoms in total. The number of piperidine rings is 1. The molecule has 170 valence electrons. The van der Waals surface area contributed by atoms with Gasteiger partial charge in [0.05, 0.1) is 30.1 Å². The minimum atomic E-state index is -0.350. The predicted molar refractivity (Wildman–Crippen MR) is 119 cm³/mol. The van der Waals surface area contributed by atoms with E-state index < -0.39 is 0 Å². The Hall–Kier alpha value is -2.17. The Balaban J connectivity index is 1.71. The summed E-state index contributed by atoms with van der Waals surface area (Å²) in [4.78, 5) is 38.9. The van der Waals surface area contributed by atoms with Crippen LogP contribution in [0.2, 0.25) is 5.15 Å². The van der Waals surface area contributed by atoms with Gasteiger partial charge in [-0.15, -0.1) is 0 Å². The summed E-state index contributed by atoms with van der Waals surface area (Å²) in [6.07, 6.45) is 1.31. The number of aromatic amines is 1. The number of rotatable bonds is 8. The second kappa shape index (κ2) is 10.4. The fourth-order valence-corrected chi connectivity index (χ4v) is 4.51. The first-order valence-electron chi connectivity index (χ1n) is 10.4. The van der Waals surface area contributed by atoms with Crippen LogP contribution in [0, 0.1) is 13.8 Å². The maximum Gasteiger partial charge on any atom is 0.350 e. The number of carbonyl (C=O) groups excluding carboxylic acids is 2. The molecule has 3 rings (SSSR count). The minimum absolute atomic E-state index is 0.176. The molecule has 0 spiro atoms. The van der Waals surface area contributed by atoms with E-state index in [1.807, 2.05) is 6.92 Å². The van der Waals surface area contributed by atoms with Crippen LogP contribution in [0.25, 0.3) is 0 Å². The zero-order chi connectivity index (χ0) is 22.5. The van der Waals surface area contributed by atoms with Gasteiger partial charge in [0.1, 0.15) is 4.88 Å². The summed E-state index contributed by atoms with van der Waals surface area (Å²) >= 11 is 7.29. The topological polar surface area (TPSA) is 109 Å². The average molecular weight is 470 g/mol. The lowest BCUT2D eigenvalue weighted by Gasteiger charge is -2.38. The van der Waals surface area contributed by atoms with Gasteiger partial charge in [0.25, 0.3) is 5.91 Å². The molecule has 3 heterocycles. The Labute approximate surface area is 190 Å². The molecule has 0 bridgehead atoms. The molecule has 0 aromatic carbocycles. The lowest BCUT2D eigenvalue weighted by Crippen LogP contribution is -2.55. The maximum atomic E-state index is 12.6. The van der Waals surface area contributed by atoms with E-state index in [-0.39, 0.29) is 35.0 Å². The van der Waals surface area contributed by atoms with Crippen LogP contribution in [-0.2, 0) is 9.47 Å². The van der Waals surface area contributed by atoms with Crippen LogP contribution >= 0.6 is 22.9 Å². The van der Waals surface area contributed by atoms with Crippen LogP contribution in [-0.4, -0.2) is 65.3 Å². The number of nitrogens with zero attached hydrogens (tertiary/aromatic N) is 3. The number of amides is 1. The van der Waals surface area contributed by atoms with Crippen molar-refractivity contribution in [3.63, 3.8) is 0 Å². The summed E-state index contributed by atoms with van der Waals surface area (Å²) < 4.78 is 11.2. The molecule has 1 amide bonds. The SMILES string of the molecule is CCCO[C@H]1CN(c2nc(C)c(C(=O)OCC)s2)CC[C@H]1NC(=O)c1nc(Cl)c(C)[nH]1. The number of aryl methyl sites for hydroxylation is 2. The third-order valence-corrected chi connectivity index (χ3v) is 6.53. The van der Waals surface area contributed by atoms with Gasteiger partial charge in [-0.1, -0.05) is 29.9 Å². The molecule has 2 aromatic rings. The molecule has 2 aromatic heterocycles. The number of aromatic nitrogens is 3. The number of carbonyl (C=O) groups is 2. The van der Waals surface area contributed by atoms with E-state index >= 15 is 0 Å². The number of thiazole rings is 1. The van der Waals surface area contributed by atoms with Crippen molar-refractivity contribution < 1.29 is 19.1 Å². The standard InChI is InChI=1S/C20H28ClN5O4S/c1-5-9-30-14-10-26(20-23-11(3)15(31-20)19(28)29-6-2)8-7-13(14)24-18(27)17-22-12(4)16(21)25-17/h13-14H,5-10H2,1-4H3,(H,22,25)(H,24,27)/t13-,14+/m1/s1. The highest BCUT2D eigenvalue weighted by Crippen LogP contribution is 2.30. The summed E-state index contributed by atoms with van der Waals surface area (Å²) in [5, 5.41) is 4.07. The number of esters is 1. The number of imidazole rings is 1. The maximum absolute atomic E-state index is 12.6. The molecule has 11 heteroatoms. The molecule has 1 fully saturated rings. The molecule has 2 atom stereocenters. The number of ether oxygens (including phenoxy) is 2. The van der Waals surface area contributed by atoms with Crippen LogP contribution in [0.5, 0.6) is 0 Å². The van der Waals surface area contributed by atoms with Crippen molar-refractivity contribution in [3.8, 4) is 0 Å². The molecule has 1 aliphatic rings. The number of H-pyrrole nitrogens is 1. The molecule has 0 saturated carbocycles. The van der Waals surface area contributed by atoms with E-state index in [0.29, 0.717) is 49.0 Å². The third-order valence-electron chi connectivity index (χ3n) is 4.97. The molecule has 1 aliphatic heterocycles. The molecule has 2 N–H and O–H groups in total. The van der Waals surface area contributed by atoms with E-state index in [2.05, 4.69) is 25.2 Å². The van der Waals surface area contributed by atoms with Gasteiger partial charge in [0.15, 0.2) is 16.1 Å². The highest BCUT2D eigenvalue weighted by molar-refractivity contribution is 7.17. The Morgan fingerprint density at radius 3 is 2.74 bits per heavy atom. The fourth-order valence-electron chi connectivity index (χ4n) is 3.38. The first-order valence-corrected chi connectivity index (χ1v) is 11.6. The minimum Gasteiger partial charge on any atom is -0.462 e. The second-order valence-corrected chi connectivity index (χ2v) is 8.69. The van der Waals surface area contributed by atoms with Crippen LogP contribution < -0.4 is 10.2 Å². The van der Waals surface area contributed by atoms with Crippen molar-refractivity contribution in [3.05, 3.63) is 27.2 Å². The number of hydrogen-bond donors (Lipinski definition) is 2. The number of halogens is 1. The highest BCUT2D eigenvalue weighted by Gasteiger charge is 2.33. The van der Waals surface area contributed by atoms with Gasteiger partial charge in [-0.05, 0) is 33.6 Å². The van der Waals surface area contributed by atoms with Gasteiger partial charge >= 0.3 is 5.97 Å². The fraction of sp³-hybridized carbons (Fsp3) is 0.600. The largest absolute Gasteiger partial charge is 0.462 e. The zero-order valence-corrected chi connectivity index (χ0v) is 19.7. The van der Waals surface area contributed by atoms with Crippen LogP contribution in [0.4, 0.5) is 5.13 Å². The Morgan fingerprint density at radius 2 is 2.10 bits per heavy atom. The smallest absolute Gasteiger partial charge is 0.350 e. The number of anilines is 1. The molecule has 31 heavy (non-hydrogen) atoms. The summed E-state index contributed by atoms with van der Waals surface area (Å²) in [7, 11) is 0. The monoisotopic (exact) mass is 469 g/mol. The van der Waals surface area contributed by atoms with E-state index in [1.54, 1.807) is 20.8 Å². The van der Waals surface area contributed by atoms with Crippen molar-refractivity contribution in [1.29, 1.82) is 0 Å². The summed E-state index contributed by atoms with van der Waals surface area (Å²) in [6, 6.07) is -0.176. The van der Waals surface area contributed by atoms with Crippen molar-refractivity contribution in [1.82, 2.24) is 20.3 Å². The van der Waals surface area contributed by atoms with Gasteiger partial charge < -0.3 is 24.7 Å². The summed E-state index contributed by atoms with van der Waals surface area (Å²) in [5.41, 5.74) is 1.31. The van der Waals surface area contributed by atoms with Crippen LogP contribution in [0.3, 0.4) is 0 Å². The lowest BCUT2D eigenvalue weighted by molar-refractivity contribution is 0.0204. The van der Waals surface area contributed by atoms with E-state index in [9.17, 15) is 9.59 Å². The predicted octanol–water partition coefficient (Wildman–Crippen LogP) is 3.12. The Morgan fingerprint density at radius 1 is 1.32 bits per heavy atom. The Bertz CT molecular complexity index is 911. The van der Waals surface area contributed by atoms with Gasteiger partial charge in [0.2, 0.25) is 0 Å². The zero-order valence-electron chi connectivity index (χ0n) is 18.2. The molecule has 0 radical (unpaired) electrons. The first-order chi connectivity index (χ1) is 14.8. The third kappa shape index (κ3) is 5.55. The van der Waals surface area contributed by atoms with Gasteiger partial charge in [0, 0.05) is 19.7 Å². The van der Waals surface area contributed by atoms with E-state index in [1.165, 1.54) is 11.3 Å². The first kappa shape index (κ1) is 23.5. The second-order valence-electron chi connectivity index (χ2n) is 7.36. The van der Waals surface area contributed by atoms with Crippen molar-refractivity contribution in [2.75, 3.05) is 31.2 Å². The van der Waals surface area contributed by atoms with Gasteiger partial charge in [-0.2, -0.15) is 0 Å². The molecule has 0 aliphatic carbocycles. The van der Waals surface area contributed by atoms with Gasteiger partial charge in [-0.3, -0.25) is 4.79 Å². The molecular formula is C20H28ClN5O4S.